The van der Waals surface area contributed by atoms with Gasteiger partial charge in [0, 0.05) is 43.7 Å². The number of carbonyl (C=O) groups excluding carboxylic acids is 1. The number of rotatable bonds is 8. The summed E-state index contributed by atoms with van der Waals surface area (Å²) in [6.07, 6.45) is -7.81. The number of aryl methyl sites for hydroxylation is 2. The van der Waals surface area contributed by atoms with Gasteiger partial charge < -0.3 is 14.6 Å². The highest BCUT2D eigenvalue weighted by Gasteiger charge is 2.38. The van der Waals surface area contributed by atoms with E-state index in [1.807, 2.05) is 37.3 Å². The average molecular weight is 568 g/mol. The molecule has 0 bridgehead atoms. The lowest BCUT2D eigenvalue weighted by molar-refractivity contribution is -0.143. The number of alkyl halides is 6. The molecule has 2 aromatic carbocycles. The number of hydrogen-bond acceptors (Lipinski definition) is 3. The minimum Gasteiger partial charge on any atom is -0.370 e. The molecular weight excluding hydrogens is 536 g/mol. The lowest BCUT2D eigenvalue weighted by Gasteiger charge is -2.40. The molecule has 0 saturated carbocycles. The summed E-state index contributed by atoms with van der Waals surface area (Å²) in [7, 11) is 0. The Morgan fingerprint density at radius 2 is 1.73 bits per heavy atom. The second-order valence-corrected chi connectivity index (χ2v) is 10.0. The van der Waals surface area contributed by atoms with Crippen LogP contribution in [0.25, 0.3) is 0 Å². The van der Waals surface area contributed by atoms with E-state index in [1.165, 1.54) is 6.92 Å². The second-order valence-electron chi connectivity index (χ2n) is 10.0. The number of ether oxygens (including phenoxy) is 1. The summed E-state index contributed by atoms with van der Waals surface area (Å²) in [6.45, 7) is 4.11. The standard InChI is InChI=1S/C29H31F6N3O2/c1-3-26-36-16-23(37-26)9-10-27(39)38-12-11-25(24(17-38)19-7-5-4-6-8-19)40-18(2)20-13-21(28(30,31)32)15-22(14-20)29(33,34)35/h4-8,13-16,18,24-25H,3,9-12,17H2,1-2H3,(H,36,37)/t18-,24+,25+/m1/s1. The third-order valence-corrected chi connectivity index (χ3v) is 7.21. The number of piperidine rings is 1. The minimum atomic E-state index is -4.94. The molecule has 0 radical (unpaired) electrons. The van der Waals surface area contributed by atoms with E-state index in [0.29, 0.717) is 38.1 Å². The average Bonchev–Trinajstić information content (AvgIpc) is 3.39. The minimum absolute atomic E-state index is 0.0484. The van der Waals surface area contributed by atoms with Gasteiger partial charge in [-0.3, -0.25) is 4.79 Å². The van der Waals surface area contributed by atoms with Gasteiger partial charge in [0.05, 0.1) is 23.3 Å². The number of amides is 1. The lowest BCUT2D eigenvalue weighted by Crippen LogP contribution is -2.46. The van der Waals surface area contributed by atoms with Crippen molar-refractivity contribution in [2.45, 2.75) is 70.0 Å². The number of likely N-dealkylation sites (tertiary alicyclic amines) is 1. The number of hydrogen-bond donors (Lipinski definition) is 1. The Kier molecular flexibility index (Phi) is 8.92. The summed E-state index contributed by atoms with van der Waals surface area (Å²) in [5.41, 5.74) is -1.22. The molecule has 3 aromatic rings. The van der Waals surface area contributed by atoms with Gasteiger partial charge in [0.2, 0.25) is 5.91 Å². The molecule has 1 amide bonds. The summed E-state index contributed by atoms with van der Waals surface area (Å²) in [4.78, 5) is 22.3. The van der Waals surface area contributed by atoms with Crippen molar-refractivity contribution < 1.29 is 35.9 Å². The Morgan fingerprint density at radius 3 is 2.30 bits per heavy atom. The van der Waals surface area contributed by atoms with Crippen LogP contribution in [0.2, 0.25) is 0 Å². The highest BCUT2D eigenvalue weighted by atomic mass is 19.4. The Bertz CT molecular complexity index is 1260. The monoisotopic (exact) mass is 567 g/mol. The summed E-state index contributed by atoms with van der Waals surface area (Å²) < 4.78 is 86.6. The topological polar surface area (TPSA) is 58.2 Å². The zero-order valence-corrected chi connectivity index (χ0v) is 22.1. The molecule has 3 atom stereocenters. The first-order valence-corrected chi connectivity index (χ1v) is 13.2. The van der Waals surface area contributed by atoms with Crippen molar-refractivity contribution in [1.29, 1.82) is 0 Å². The third-order valence-electron chi connectivity index (χ3n) is 7.21. The van der Waals surface area contributed by atoms with Crippen LogP contribution in [0.4, 0.5) is 26.3 Å². The maximum absolute atomic E-state index is 13.4. The molecule has 0 unspecified atom stereocenters. The second kappa shape index (κ2) is 12.0. The number of H-pyrrole nitrogens is 1. The van der Waals surface area contributed by atoms with E-state index >= 15 is 0 Å². The summed E-state index contributed by atoms with van der Waals surface area (Å²) in [5, 5.41) is 0. The largest absolute Gasteiger partial charge is 0.416 e. The van der Waals surface area contributed by atoms with Gasteiger partial charge in [0.1, 0.15) is 5.82 Å². The SMILES string of the molecule is CCc1ncc(CCC(=O)N2CC[C@H](O[C@H](C)c3cc(C(F)(F)F)cc(C(F)(F)F)c3)[C@H](c3ccccc3)C2)[nH]1. The number of carbonyl (C=O) groups is 1. The molecular formula is C29H31F6N3O2. The number of aromatic amines is 1. The summed E-state index contributed by atoms with van der Waals surface area (Å²) in [5.74, 6) is 0.489. The molecule has 1 N–H and O–H groups in total. The smallest absolute Gasteiger partial charge is 0.370 e. The lowest BCUT2D eigenvalue weighted by atomic mass is 9.87. The van der Waals surface area contributed by atoms with Gasteiger partial charge in [0.25, 0.3) is 0 Å². The van der Waals surface area contributed by atoms with Crippen LogP contribution in [0, 0.1) is 0 Å². The highest BCUT2D eigenvalue weighted by molar-refractivity contribution is 5.76. The van der Waals surface area contributed by atoms with Crippen molar-refractivity contribution in [1.82, 2.24) is 14.9 Å². The molecule has 5 nitrogen and oxygen atoms in total. The number of imidazole rings is 1. The first-order chi connectivity index (χ1) is 18.8. The van der Waals surface area contributed by atoms with E-state index in [1.54, 1.807) is 11.1 Å². The van der Waals surface area contributed by atoms with E-state index in [2.05, 4.69) is 9.97 Å². The van der Waals surface area contributed by atoms with E-state index in [0.717, 1.165) is 23.5 Å². The van der Waals surface area contributed by atoms with Crippen LogP contribution in [0.5, 0.6) is 0 Å². The van der Waals surface area contributed by atoms with Gasteiger partial charge in [-0.15, -0.1) is 0 Å². The molecule has 1 fully saturated rings. The predicted octanol–water partition coefficient (Wildman–Crippen LogP) is 7.10. The predicted molar refractivity (Wildman–Crippen MR) is 136 cm³/mol. The van der Waals surface area contributed by atoms with E-state index in [4.69, 9.17) is 4.74 Å². The van der Waals surface area contributed by atoms with Crippen LogP contribution in [0.15, 0.2) is 54.7 Å². The molecule has 1 aromatic heterocycles. The number of nitrogens with one attached hydrogen (secondary N) is 1. The molecule has 4 rings (SSSR count). The number of benzene rings is 2. The van der Waals surface area contributed by atoms with E-state index in [-0.39, 0.29) is 29.9 Å². The Hall–Kier alpha value is -3.34. The number of nitrogens with zero attached hydrogens (tertiary/aromatic N) is 2. The molecule has 0 aliphatic carbocycles. The Labute approximate surface area is 228 Å². The van der Waals surface area contributed by atoms with Gasteiger partial charge in [-0.2, -0.15) is 26.3 Å². The fraction of sp³-hybridized carbons (Fsp3) is 0.448. The molecule has 2 heterocycles. The molecule has 40 heavy (non-hydrogen) atoms. The zero-order chi connectivity index (χ0) is 29.1. The fourth-order valence-electron chi connectivity index (χ4n) is 5.01. The summed E-state index contributed by atoms with van der Waals surface area (Å²) in [6, 6.07) is 10.8. The van der Waals surface area contributed by atoms with Gasteiger partial charge in [-0.1, -0.05) is 37.3 Å². The number of halogens is 6. The maximum atomic E-state index is 13.4. The van der Waals surface area contributed by atoms with Gasteiger partial charge in [-0.25, -0.2) is 4.98 Å². The van der Waals surface area contributed by atoms with Crippen LogP contribution in [0.3, 0.4) is 0 Å². The number of aromatic nitrogens is 2. The fourth-order valence-corrected chi connectivity index (χ4v) is 5.01. The van der Waals surface area contributed by atoms with Gasteiger partial charge >= 0.3 is 12.4 Å². The van der Waals surface area contributed by atoms with Crippen molar-refractivity contribution in [2.75, 3.05) is 13.1 Å². The molecule has 1 aliphatic rings. The normalized spacial score (nSPS) is 19.1. The Balaban J connectivity index is 1.51. The van der Waals surface area contributed by atoms with Crippen LogP contribution in [-0.4, -0.2) is 40.0 Å². The third kappa shape index (κ3) is 7.24. The Morgan fingerprint density at radius 1 is 1.07 bits per heavy atom. The molecule has 0 spiro atoms. The van der Waals surface area contributed by atoms with E-state index < -0.39 is 35.7 Å². The molecule has 11 heteroatoms. The highest BCUT2D eigenvalue weighted by Crippen LogP contribution is 2.39. The van der Waals surface area contributed by atoms with Crippen molar-refractivity contribution in [2.24, 2.45) is 0 Å². The first kappa shape index (κ1) is 29.6. The van der Waals surface area contributed by atoms with Crippen molar-refractivity contribution in [3.63, 3.8) is 0 Å². The quantitative estimate of drug-likeness (QED) is 0.295. The summed E-state index contributed by atoms with van der Waals surface area (Å²) >= 11 is 0. The maximum Gasteiger partial charge on any atom is 0.416 e. The van der Waals surface area contributed by atoms with Crippen LogP contribution in [0.1, 0.15) is 72.5 Å². The van der Waals surface area contributed by atoms with Crippen LogP contribution >= 0.6 is 0 Å². The first-order valence-electron chi connectivity index (χ1n) is 13.2. The van der Waals surface area contributed by atoms with Crippen LogP contribution < -0.4 is 0 Å². The van der Waals surface area contributed by atoms with Crippen molar-refractivity contribution in [3.05, 3.63) is 88.5 Å². The zero-order valence-electron chi connectivity index (χ0n) is 22.1. The van der Waals surface area contributed by atoms with E-state index in [9.17, 15) is 31.1 Å². The molecule has 1 aliphatic heterocycles. The van der Waals surface area contributed by atoms with Crippen LogP contribution in [-0.2, 0) is 34.7 Å². The molecule has 1 saturated heterocycles. The van der Waals surface area contributed by atoms with Gasteiger partial charge in [0.15, 0.2) is 0 Å². The molecule has 216 valence electrons. The van der Waals surface area contributed by atoms with Gasteiger partial charge in [-0.05, 0) is 49.1 Å². The van der Waals surface area contributed by atoms with Crippen molar-refractivity contribution >= 4 is 5.91 Å². The van der Waals surface area contributed by atoms with Crippen molar-refractivity contribution in [3.8, 4) is 0 Å².